The molecule has 0 radical (unpaired) electrons. The highest BCUT2D eigenvalue weighted by atomic mass is 35.5. The fraction of sp³-hybridized carbons (Fsp3) is 0.0769. The van der Waals surface area contributed by atoms with Gasteiger partial charge in [0.15, 0.2) is 0 Å². The Balaban J connectivity index is 2.02. The average molecular weight is 319 g/mol. The van der Waals surface area contributed by atoms with Crippen LogP contribution >= 0.6 is 23.8 Å². The second-order valence-electron chi connectivity index (χ2n) is 4.37. The molecule has 3 aromatic rings. The van der Waals surface area contributed by atoms with Crippen molar-refractivity contribution in [2.75, 3.05) is 0 Å². The fourth-order valence-electron chi connectivity index (χ4n) is 1.80. The van der Waals surface area contributed by atoms with E-state index in [0.29, 0.717) is 21.3 Å². The first kappa shape index (κ1) is 13.7. The first-order valence-electron chi connectivity index (χ1n) is 6.14. The summed E-state index contributed by atoms with van der Waals surface area (Å²) in [5.74, 6) is 0.535. The molecule has 106 valence electrons. The standard InChI is InChI=1S/C13H11ClN6S/c1-8-6-11(17-16-8)12-18-19-13(21)20(12)15-7-9-4-2-3-5-10(9)14/h2-7H,1H3,(H,16,17)(H,19,21)/b15-7-. The van der Waals surface area contributed by atoms with Crippen LogP contribution in [0.1, 0.15) is 11.3 Å². The van der Waals surface area contributed by atoms with Gasteiger partial charge in [-0.2, -0.15) is 20.0 Å². The molecule has 0 aliphatic heterocycles. The molecule has 0 spiro atoms. The number of aromatic amines is 2. The Morgan fingerprint density at radius 2 is 2.10 bits per heavy atom. The molecule has 1 aromatic carbocycles. The third-order valence-electron chi connectivity index (χ3n) is 2.80. The van der Waals surface area contributed by atoms with E-state index in [-0.39, 0.29) is 0 Å². The van der Waals surface area contributed by atoms with Crippen molar-refractivity contribution in [3.63, 3.8) is 0 Å². The van der Waals surface area contributed by atoms with Gasteiger partial charge in [0.1, 0.15) is 5.69 Å². The van der Waals surface area contributed by atoms with Gasteiger partial charge in [0.25, 0.3) is 0 Å². The zero-order valence-corrected chi connectivity index (χ0v) is 12.6. The lowest BCUT2D eigenvalue weighted by molar-refractivity contribution is 0.865. The molecular weight excluding hydrogens is 308 g/mol. The zero-order chi connectivity index (χ0) is 14.8. The number of aryl methyl sites for hydroxylation is 1. The number of benzene rings is 1. The molecule has 6 nitrogen and oxygen atoms in total. The summed E-state index contributed by atoms with van der Waals surface area (Å²) >= 11 is 11.3. The van der Waals surface area contributed by atoms with Crippen LogP contribution in [0.3, 0.4) is 0 Å². The Bertz CT molecular complexity index is 859. The van der Waals surface area contributed by atoms with E-state index < -0.39 is 0 Å². The highest BCUT2D eigenvalue weighted by Crippen LogP contribution is 2.16. The first-order valence-corrected chi connectivity index (χ1v) is 6.92. The largest absolute Gasteiger partial charge is 0.282 e. The molecule has 0 fully saturated rings. The third kappa shape index (κ3) is 2.79. The number of hydrogen-bond donors (Lipinski definition) is 2. The second kappa shape index (κ2) is 5.63. The van der Waals surface area contributed by atoms with Gasteiger partial charge in [-0.3, -0.25) is 5.10 Å². The third-order valence-corrected chi connectivity index (χ3v) is 3.41. The van der Waals surface area contributed by atoms with Crippen molar-refractivity contribution in [2.24, 2.45) is 5.10 Å². The minimum absolute atomic E-state index is 0.383. The predicted molar refractivity (Wildman–Crippen MR) is 84.2 cm³/mol. The van der Waals surface area contributed by atoms with Crippen LogP contribution in [0.15, 0.2) is 35.4 Å². The average Bonchev–Trinajstić information content (AvgIpc) is 3.04. The van der Waals surface area contributed by atoms with Gasteiger partial charge < -0.3 is 0 Å². The summed E-state index contributed by atoms with van der Waals surface area (Å²) in [7, 11) is 0. The van der Waals surface area contributed by atoms with Gasteiger partial charge in [-0.1, -0.05) is 29.8 Å². The quantitative estimate of drug-likeness (QED) is 0.575. The Morgan fingerprint density at radius 1 is 1.29 bits per heavy atom. The minimum Gasteiger partial charge on any atom is -0.282 e. The second-order valence-corrected chi connectivity index (χ2v) is 5.16. The number of rotatable bonds is 3. The Hall–Kier alpha value is -2.25. The summed E-state index contributed by atoms with van der Waals surface area (Å²) < 4.78 is 1.89. The number of H-pyrrole nitrogens is 2. The van der Waals surface area contributed by atoms with Crippen molar-refractivity contribution in [3.05, 3.63) is 51.4 Å². The number of hydrogen-bond acceptors (Lipinski definition) is 4. The molecule has 0 aliphatic rings. The van der Waals surface area contributed by atoms with Gasteiger partial charge in [0.05, 0.1) is 6.21 Å². The van der Waals surface area contributed by atoms with Crippen LogP contribution in [0.4, 0.5) is 0 Å². The minimum atomic E-state index is 0.383. The highest BCUT2D eigenvalue weighted by molar-refractivity contribution is 7.71. The van der Waals surface area contributed by atoms with Gasteiger partial charge >= 0.3 is 0 Å². The molecule has 2 heterocycles. The maximum Gasteiger partial charge on any atom is 0.216 e. The lowest BCUT2D eigenvalue weighted by Gasteiger charge is -1.98. The van der Waals surface area contributed by atoms with Gasteiger partial charge in [-0.15, -0.1) is 0 Å². The van der Waals surface area contributed by atoms with E-state index in [1.807, 2.05) is 31.2 Å². The monoisotopic (exact) mass is 318 g/mol. The zero-order valence-electron chi connectivity index (χ0n) is 11.0. The van der Waals surface area contributed by atoms with E-state index in [2.05, 4.69) is 25.5 Å². The van der Waals surface area contributed by atoms with Gasteiger partial charge in [-0.05, 0) is 31.3 Å². The molecule has 0 atom stereocenters. The molecule has 8 heteroatoms. The van der Waals surface area contributed by atoms with E-state index in [9.17, 15) is 0 Å². The summed E-state index contributed by atoms with van der Waals surface area (Å²) in [4.78, 5) is 0. The van der Waals surface area contributed by atoms with Gasteiger partial charge in [0.2, 0.25) is 10.6 Å². The van der Waals surface area contributed by atoms with Crippen molar-refractivity contribution in [1.82, 2.24) is 25.1 Å². The maximum atomic E-state index is 6.10. The smallest absolute Gasteiger partial charge is 0.216 e. The number of nitrogens with zero attached hydrogens (tertiary/aromatic N) is 4. The topological polar surface area (TPSA) is 74.7 Å². The SMILES string of the molecule is Cc1cc(-c2n[nH]c(=S)n2/N=C\c2ccccc2Cl)n[nH]1. The van der Waals surface area contributed by atoms with E-state index in [0.717, 1.165) is 11.3 Å². The molecule has 0 bridgehead atoms. The van der Waals surface area contributed by atoms with Gasteiger partial charge in [-0.25, -0.2) is 5.10 Å². The molecular formula is C13H11ClN6S. The van der Waals surface area contributed by atoms with Crippen molar-refractivity contribution in [3.8, 4) is 11.5 Å². The van der Waals surface area contributed by atoms with E-state index in [4.69, 9.17) is 23.8 Å². The summed E-state index contributed by atoms with van der Waals surface area (Å²) in [5.41, 5.74) is 2.39. The van der Waals surface area contributed by atoms with Crippen LogP contribution in [-0.4, -0.2) is 31.3 Å². The molecule has 0 saturated carbocycles. The number of aromatic nitrogens is 5. The van der Waals surface area contributed by atoms with Crippen LogP contribution in [-0.2, 0) is 0 Å². The molecule has 0 saturated heterocycles. The summed E-state index contributed by atoms with van der Waals surface area (Å²) in [6.07, 6.45) is 1.64. The van der Waals surface area contributed by atoms with Crippen LogP contribution in [0.5, 0.6) is 0 Å². The summed E-state index contributed by atoms with van der Waals surface area (Å²) in [6.45, 7) is 1.91. The van der Waals surface area contributed by atoms with E-state index in [1.165, 1.54) is 4.68 Å². The van der Waals surface area contributed by atoms with Crippen LogP contribution < -0.4 is 0 Å². The lowest BCUT2D eigenvalue weighted by Crippen LogP contribution is -1.95. The van der Waals surface area contributed by atoms with Crippen LogP contribution in [0, 0.1) is 11.7 Å². The van der Waals surface area contributed by atoms with Crippen LogP contribution in [0.25, 0.3) is 11.5 Å². The van der Waals surface area contributed by atoms with Crippen molar-refractivity contribution in [2.45, 2.75) is 6.92 Å². The maximum absolute atomic E-state index is 6.10. The highest BCUT2D eigenvalue weighted by Gasteiger charge is 2.11. The van der Waals surface area contributed by atoms with E-state index >= 15 is 0 Å². The lowest BCUT2D eigenvalue weighted by atomic mass is 10.2. The van der Waals surface area contributed by atoms with Crippen molar-refractivity contribution in [1.29, 1.82) is 0 Å². The normalized spacial score (nSPS) is 11.3. The Kier molecular flexibility index (Phi) is 3.68. The Labute approximate surface area is 130 Å². The molecule has 0 unspecified atom stereocenters. The Morgan fingerprint density at radius 3 is 2.81 bits per heavy atom. The first-order chi connectivity index (χ1) is 10.1. The molecule has 0 aliphatic carbocycles. The number of nitrogens with one attached hydrogen (secondary N) is 2. The molecule has 2 N–H and O–H groups in total. The summed E-state index contributed by atoms with van der Waals surface area (Å²) in [5, 5.41) is 18.8. The molecule has 0 amide bonds. The fourth-order valence-corrected chi connectivity index (χ4v) is 2.16. The van der Waals surface area contributed by atoms with E-state index in [1.54, 1.807) is 12.3 Å². The predicted octanol–water partition coefficient (Wildman–Crippen LogP) is 3.17. The molecule has 3 rings (SSSR count). The molecule has 2 aromatic heterocycles. The summed E-state index contributed by atoms with van der Waals surface area (Å²) in [6, 6.07) is 9.29. The van der Waals surface area contributed by atoms with Crippen molar-refractivity contribution >= 4 is 30.0 Å². The number of halogens is 1. The molecule has 21 heavy (non-hydrogen) atoms. The van der Waals surface area contributed by atoms with Crippen LogP contribution in [0.2, 0.25) is 5.02 Å². The van der Waals surface area contributed by atoms with Gasteiger partial charge in [0, 0.05) is 16.3 Å². The van der Waals surface area contributed by atoms with Crippen molar-refractivity contribution < 1.29 is 0 Å².